The molecule has 0 aromatic heterocycles. The Morgan fingerprint density at radius 2 is 1.82 bits per heavy atom. The first-order valence-corrected chi connectivity index (χ1v) is 7.48. The number of hydrogen-bond donors (Lipinski definition) is 1. The van der Waals surface area contributed by atoms with Gasteiger partial charge in [0.25, 0.3) is 10.0 Å². The van der Waals surface area contributed by atoms with Crippen molar-refractivity contribution < 1.29 is 21.9 Å². The monoisotopic (exact) mass is 324 g/mol. The number of halogens is 2. The van der Waals surface area contributed by atoms with Crippen molar-refractivity contribution >= 4 is 15.7 Å². The molecule has 0 saturated heterocycles. The Morgan fingerprint density at radius 3 is 2.45 bits per heavy atom. The van der Waals surface area contributed by atoms with Gasteiger partial charge in [-0.25, -0.2) is 17.2 Å². The fourth-order valence-electron chi connectivity index (χ4n) is 1.63. The fourth-order valence-corrected chi connectivity index (χ4v) is 2.78. The third-order valence-electron chi connectivity index (χ3n) is 2.59. The van der Waals surface area contributed by atoms with Gasteiger partial charge in [-0.15, -0.1) is 0 Å². The third kappa shape index (κ3) is 3.71. The minimum absolute atomic E-state index is 0.139. The lowest BCUT2D eigenvalue weighted by atomic mass is 10.3. The van der Waals surface area contributed by atoms with Crippen LogP contribution in [0.3, 0.4) is 0 Å². The number of nitrogens with one attached hydrogen (secondary N) is 1. The molecular formula is C14H10F2N2O3S. The van der Waals surface area contributed by atoms with Gasteiger partial charge in [0.1, 0.15) is 28.3 Å². The lowest BCUT2D eigenvalue weighted by molar-refractivity contribution is 0.368. The molecule has 8 heteroatoms. The van der Waals surface area contributed by atoms with Gasteiger partial charge in [-0.05, 0) is 42.5 Å². The van der Waals surface area contributed by atoms with Gasteiger partial charge in [0.15, 0.2) is 6.61 Å². The number of rotatable bonds is 5. The van der Waals surface area contributed by atoms with Crippen LogP contribution < -0.4 is 9.46 Å². The van der Waals surface area contributed by atoms with E-state index in [2.05, 4.69) is 4.72 Å². The average Bonchev–Trinajstić information content (AvgIpc) is 2.48. The Hall–Kier alpha value is -2.66. The summed E-state index contributed by atoms with van der Waals surface area (Å²) in [5.74, 6) is -1.54. The molecule has 0 bridgehead atoms. The number of ether oxygens (including phenoxy) is 1. The highest BCUT2D eigenvalue weighted by atomic mass is 32.2. The molecule has 0 radical (unpaired) electrons. The van der Waals surface area contributed by atoms with Crippen molar-refractivity contribution in [2.45, 2.75) is 4.90 Å². The molecule has 0 aliphatic rings. The maximum Gasteiger partial charge on any atom is 0.264 e. The first-order valence-electron chi connectivity index (χ1n) is 6.00. The van der Waals surface area contributed by atoms with Crippen LogP contribution in [0.1, 0.15) is 0 Å². The molecule has 0 aliphatic carbocycles. The van der Waals surface area contributed by atoms with Gasteiger partial charge in [0.2, 0.25) is 0 Å². The Kier molecular flexibility index (Phi) is 4.58. The highest BCUT2D eigenvalue weighted by Crippen LogP contribution is 2.21. The van der Waals surface area contributed by atoms with Crippen molar-refractivity contribution in [2.75, 3.05) is 11.3 Å². The molecule has 0 saturated carbocycles. The number of benzene rings is 2. The van der Waals surface area contributed by atoms with Gasteiger partial charge in [-0.3, -0.25) is 4.72 Å². The van der Waals surface area contributed by atoms with Gasteiger partial charge in [0.05, 0.1) is 0 Å². The molecule has 0 fully saturated rings. The molecule has 2 aromatic carbocycles. The molecule has 5 nitrogen and oxygen atoms in total. The van der Waals surface area contributed by atoms with Crippen LogP contribution in [-0.2, 0) is 10.0 Å². The van der Waals surface area contributed by atoms with Crippen LogP contribution in [0.4, 0.5) is 14.5 Å². The second-order valence-corrected chi connectivity index (χ2v) is 5.80. The van der Waals surface area contributed by atoms with E-state index in [0.717, 1.165) is 12.1 Å². The summed E-state index contributed by atoms with van der Waals surface area (Å²) in [6.07, 6.45) is 0. The predicted octanol–water partition coefficient (Wildman–Crippen LogP) is 2.67. The summed E-state index contributed by atoms with van der Waals surface area (Å²) in [5.41, 5.74) is 0.146. The van der Waals surface area contributed by atoms with Crippen LogP contribution in [0.5, 0.6) is 5.75 Å². The summed E-state index contributed by atoms with van der Waals surface area (Å²) >= 11 is 0. The summed E-state index contributed by atoms with van der Waals surface area (Å²) < 4.78 is 57.8. The molecule has 114 valence electrons. The van der Waals surface area contributed by atoms with Crippen LogP contribution in [-0.4, -0.2) is 15.0 Å². The Bertz CT molecular complexity index is 815. The maximum atomic E-state index is 13.5. The maximum absolute atomic E-state index is 13.5. The third-order valence-corrected chi connectivity index (χ3v) is 3.99. The molecule has 1 N–H and O–H groups in total. The number of anilines is 1. The summed E-state index contributed by atoms with van der Waals surface area (Å²) in [6, 6.07) is 9.59. The normalized spacial score (nSPS) is 10.8. The van der Waals surface area contributed by atoms with Crippen LogP contribution in [0, 0.1) is 23.0 Å². The minimum Gasteiger partial charge on any atom is -0.479 e. The molecule has 0 unspecified atom stereocenters. The standard InChI is InChI=1S/C14H10F2N2O3S/c15-10-1-6-13(16)14(9-10)22(19,20)18-11-2-4-12(5-3-11)21-8-7-17/h1-6,9,18H,8H2. The smallest absolute Gasteiger partial charge is 0.264 e. The lowest BCUT2D eigenvalue weighted by Crippen LogP contribution is -2.14. The second-order valence-electron chi connectivity index (χ2n) is 4.15. The molecule has 0 amide bonds. The largest absolute Gasteiger partial charge is 0.479 e. The van der Waals surface area contributed by atoms with Gasteiger partial charge in [-0.2, -0.15) is 5.26 Å². The Morgan fingerprint density at radius 1 is 1.14 bits per heavy atom. The van der Waals surface area contributed by atoms with Crippen LogP contribution >= 0.6 is 0 Å². The highest BCUT2D eigenvalue weighted by molar-refractivity contribution is 7.92. The zero-order valence-corrected chi connectivity index (χ0v) is 11.9. The summed E-state index contributed by atoms with van der Waals surface area (Å²) in [5, 5.41) is 8.38. The number of hydrogen-bond acceptors (Lipinski definition) is 4. The van der Waals surface area contributed by atoms with Crippen molar-refractivity contribution in [1.82, 2.24) is 0 Å². The average molecular weight is 324 g/mol. The SMILES string of the molecule is N#CCOc1ccc(NS(=O)(=O)c2cc(F)ccc2F)cc1. The van der Waals surface area contributed by atoms with E-state index in [0.29, 0.717) is 11.8 Å². The molecule has 2 aromatic rings. The van der Waals surface area contributed by atoms with Crippen molar-refractivity contribution in [3.05, 3.63) is 54.1 Å². The van der Waals surface area contributed by atoms with E-state index >= 15 is 0 Å². The van der Waals surface area contributed by atoms with Gasteiger partial charge >= 0.3 is 0 Å². The molecule has 0 atom stereocenters. The van der Waals surface area contributed by atoms with Crippen LogP contribution in [0.15, 0.2) is 47.4 Å². The summed E-state index contributed by atoms with van der Waals surface area (Å²) in [7, 11) is -4.25. The zero-order chi connectivity index (χ0) is 16.2. The van der Waals surface area contributed by atoms with Crippen molar-refractivity contribution in [3.63, 3.8) is 0 Å². The summed E-state index contributed by atoms with van der Waals surface area (Å²) in [4.78, 5) is -0.780. The fraction of sp³-hybridized carbons (Fsp3) is 0.0714. The first kappa shape index (κ1) is 15.7. The van der Waals surface area contributed by atoms with E-state index in [1.54, 1.807) is 6.07 Å². The zero-order valence-electron chi connectivity index (χ0n) is 11.1. The Labute approximate surface area is 125 Å². The minimum atomic E-state index is -4.25. The molecule has 0 spiro atoms. The van der Waals surface area contributed by atoms with Crippen LogP contribution in [0.2, 0.25) is 0 Å². The van der Waals surface area contributed by atoms with Gasteiger partial charge in [-0.1, -0.05) is 0 Å². The first-order chi connectivity index (χ1) is 10.4. The molecule has 0 heterocycles. The van der Waals surface area contributed by atoms with E-state index in [9.17, 15) is 17.2 Å². The highest BCUT2D eigenvalue weighted by Gasteiger charge is 2.20. The van der Waals surface area contributed by atoms with E-state index < -0.39 is 26.6 Å². The van der Waals surface area contributed by atoms with E-state index in [4.69, 9.17) is 10.00 Å². The lowest BCUT2D eigenvalue weighted by Gasteiger charge is -2.09. The van der Waals surface area contributed by atoms with E-state index in [1.165, 1.54) is 24.3 Å². The van der Waals surface area contributed by atoms with Crippen molar-refractivity contribution in [2.24, 2.45) is 0 Å². The van der Waals surface area contributed by atoms with Crippen molar-refractivity contribution in [1.29, 1.82) is 5.26 Å². The molecule has 2 rings (SSSR count). The van der Waals surface area contributed by atoms with Gasteiger partial charge in [0, 0.05) is 5.69 Å². The van der Waals surface area contributed by atoms with Crippen molar-refractivity contribution in [3.8, 4) is 11.8 Å². The molecular weight excluding hydrogens is 314 g/mol. The topological polar surface area (TPSA) is 79.2 Å². The van der Waals surface area contributed by atoms with E-state index in [-0.39, 0.29) is 12.3 Å². The Balaban J connectivity index is 2.22. The number of nitriles is 1. The molecule has 22 heavy (non-hydrogen) atoms. The summed E-state index contributed by atoms with van der Waals surface area (Å²) in [6.45, 7) is -0.139. The van der Waals surface area contributed by atoms with Crippen LogP contribution in [0.25, 0.3) is 0 Å². The van der Waals surface area contributed by atoms with E-state index in [1.807, 2.05) is 0 Å². The van der Waals surface area contributed by atoms with Gasteiger partial charge < -0.3 is 4.74 Å². The second kappa shape index (κ2) is 6.41. The number of sulfonamides is 1. The number of nitrogens with zero attached hydrogens (tertiary/aromatic N) is 1. The predicted molar refractivity (Wildman–Crippen MR) is 74.7 cm³/mol. The molecule has 0 aliphatic heterocycles. The quantitative estimate of drug-likeness (QED) is 0.917.